The Bertz CT molecular complexity index is 326. The van der Waals surface area contributed by atoms with Crippen molar-refractivity contribution in [2.45, 2.75) is 34.1 Å². The van der Waals surface area contributed by atoms with E-state index in [1.165, 1.54) is 17.6 Å². The highest BCUT2D eigenvalue weighted by molar-refractivity contribution is 5.50. The molecule has 0 nitrogen and oxygen atoms in total. The Morgan fingerprint density at radius 1 is 1.18 bits per heavy atom. The minimum Gasteiger partial charge on any atom is -0.0990 e. The SMILES string of the molecule is C=C/C=C(\C=C)C1=CC2CC2C=C1.CC.CC. The van der Waals surface area contributed by atoms with Gasteiger partial charge >= 0.3 is 0 Å². The maximum atomic E-state index is 3.80. The molecule has 0 spiro atoms. The Labute approximate surface area is 107 Å². The van der Waals surface area contributed by atoms with Gasteiger partial charge in [0, 0.05) is 0 Å². The number of hydrogen-bond donors (Lipinski definition) is 0. The summed E-state index contributed by atoms with van der Waals surface area (Å²) in [5, 5.41) is 0. The van der Waals surface area contributed by atoms with Crippen molar-refractivity contribution in [3.05, 3.63) is 60.8 Å². The third-order valence-electron chi connectivity index (χ3n) is 2.66. The van der Waals surface area contributed by atoms with E-state index in [0.29, 0.717) is 0 Å². The minimum atomic E-state index is 0.799. The highest BCUT2D eigenvalue weighted by Crippen LogP contribution is 2.45. The molecule has 0 radical (unpaired) electrons. The lowest BCUT2D eigenvalue weighted by Crippen LogP contribution is -1.89. The molecule has 0 bridgehead atoms. The van der Waals surface area contributed by atoms with Crippen LogP contribution >= 0.6 is 0 Å². The summed E-state index contributed by atoms with van der Waals surface area (Å²) in [6.07, 6.45) is 13.9. The molecule has 0 amide bonds. The third-order valence-corrected chi connectivity index (χ3v) is 2.66. The Kier molecular flexibility index (Phi) is 8.13. The van der Waals surface area contributed by atoms with Gasteiger partial charge in [-0.3, -0.25) is 0 Å². The maximum absolute atomic E-state index is 3.80. The fourth-order valence-electron chi connectivity index (χ4n) is 1.76. The van der Waals surface area contributed by atoms with Crippen molar-refractivity contribution in [3.8, 4) is 0 Å². The van der Waals surface area contributed by atoms with Crippen LogP contribution in [0.4, 0.5) is 0 Å². The summed E-state index contributed by atoms with van der Waals surface area (Å²) in [6, 6.07) is 0. The van der Waals surface area contributed by atoms with E-state index >= 15 is 0 Å². The fraction of sp³-hybridized carbons (Fsp3) is 0.412. The summed E-state index contributed by atoms with van der Waals surface area (Å²) in [6.45, 7) is 15.5. The first kappa shape index (κ1) is 15.7. The molecule has 94 valence electrons. The van der Waals surface area contributed by atoms with Gasteiger partial charge in [0.25, 0.3) is 0 Å². The summed E-state index contributed by atoms with van der Waals surface area (Å²) in [4.78, 5) is 0. The number of rotatable bonds is 3. The molecule has 2 atom stereocenters. The van der Waals surface area contributed by atoms with E-state index in [2.05, 4.69) is 31.4 Å². The molecular weight excluding hydrogens is 204 g/mol. The first-order valence-corrected chi connectivity index (χ1v) is 6.70. The van der Waals surface area contributed by atoms with Gasteiger partial charge in [-0.25, -0.2) is 0 Å². The molecule has 0 aromatic heterocycles. The first-order chi connectivity index (χ1) is 8.35. The van der Waals surface area contributed by atoms with E-state index in [9.17, 15) is 0 Å². The van der Waals surface area contributed by atoms with Crippen molar-refractivity contribution < 1.29 is 0 Å². The molecule has 0 saturated heterocycles. The Balaban J connectivity index is 0.000000581. The molecule has 2 aliphatic carbocycles. The van der Waals surface area contributed by atoms with E-state index in [4.69, 9.17) is 0 Å². The monoisotopic (exact) mass is 230 g/mol. The van der Waals surface area contributed by atoms with Crippen molar-refractivity contribution in [2.75, 3.05) is 0 Å². The second kappa shape index (κ2) is 8.81. The Morgan fingerprint density at radius 2 is 1.82 bits per heavy atom. The van der Waals surface area contributed by atoms with Crippen molar-refractivity contribution in [1.82, 2.24) is 0 Å². The topological polar surface area (TPSA) is 0 Å². The van der Waals surface area contributed by atoms with Gasteiger partial charge in [0.2, 0.25) is 0 Å². The molecule has 2 unspecified atom stereocenters. The van der Waals surface area contributed by atoms with Crippen LogP contribution in [0.1, 0.15) is 34.1 Å². The highest BCUT2D eigenvalue weighted by Gasteiger charge is 2.34. The van der Waals surface area contributed by atoms with Crippen LogP contribution < -0.4 is 0 Å². The number of hydrogen-bond acceptors (Lipinski definition) is 0. The quantitative estimate of drug-likeness (QED) is 0.564. The molecule has 0 aromatic rings. The molecule has 0 heterocycles. The Hall–Kier alpha value is -1.30. The third kappa shape index (κ3) is 4.60. The molecule has 17 heavy (non-hydrogen) atoms. The molecule has 1 saturated carbocycles. The predicted molar refractivity (Wildman–Crippen MR) is 80.0 cm³/mol. The predicted octanol–water partition coefficient (Wildman–Crippen LogP) is 5.47. The van der Waals surface area contributed by atoms with Gasteiger partial charge < -0.3 is 0 Å². The smallest absolute Gasteiger partial charge is 0.0155 e. The van der Waals surface area contributed by atoms with Crippen LogP contribution in [0.2, 0.25) is 0 Å². The molecule has 1 fully saturated rings. The maximum Gasteiger partial charge on any atom is -0.0155 e. The van der Waals surface area contributed by atoms with Gasteiger partial charge in [-0.2, -0.15) is 0 Å². The lowest BCUT2D eigenvalue weighted by atomic mass is 9.99. The first-order valence-electron chi connectivity index (χ1n) is 6.70. The normalized spacial score (nSPS) is 24.0. The van der Waals surface area contributed by atoms with Crippen LogP contribution in [0.3, 0.4) is 0 Å². The van der Waals surface area contributed by atoms with Gasteiger partial charge in [0.15, 0.2) is 0 Å². The summed E-state index contributed by atoms with van der Waals surface area (Å²) in [5.74, 6) is 1.63. The van der Waals surface area contributed by atoms with Crippen LogP contribution in [0.15, 0.2) is 60.8 Å². The zero-order valence-electron chi connectivity index (χ0n) is 11.7. The van der Waals surface area contributed by atoms with Gasteiger partial charge in [0.1, 0.15) is 0 Å². The minimum absolute atomic E-state index is 0.799. The van der Waals surface area contributed by atoms with Crippen molar-refractivity contribution in [1.29, 1.82) is 0 Å². The summed E-state index contributed by atoms with van der Waals surface area (Å²) in [5.41, 5.74) is 2.48. The fourth-order valence-corrected chi connectivity index (χ4v) is 1.76. The van der Waals surface area contributed by atoms with Crippen LogP contribution in [0.5, 0.6) is 0 Å². The van der Waals surface area contributed by atoms with Gasteiger partial charge in [-0.05, 0) is 29.4 Å². The summed E-state index contributed by atoms with van der Waals surface area (Å²) in [7, 11) is 0. The van der Waals surface area contributed by atoms with E-state index in [1.807, 2.05) is 45.9 Å². The lowest BCUT2D eigenvalue weighted by molar-refractivity contribution is 0.968. The van der Waals surface area contributed by atoms with Crippen LogP contribution in [0, 0.1) is 11.8 Å². The number of fused-ring (bicyclic) bond motifs is 1. The average molecular weight is 230 g/mol. The summed E-state index contributed by atoms with van der Waals surface area (Å²) >= 11 is 0. The van der Waals surface area contributed by atoms with E-state index < -0.39 is 0 Å². The lowest BCUT2D eigenvalue weighted by Gasteiger charge is -2.06. The second-order valence-electron chi connectivity index (χ2n) is 3.61. The van der Waals surface area contributed by atoms with Crippen LogP contribution in [0.25, 0.3) is 0 Å². The standard InChI is InChI=1S/C13H14.2C2H6/c1-3-5-10(4-2)11-6-7-12-9-13(12)8-11;2*1-2/h3-8,12-13H,1-2,9H2;2*1-2H3/b10-5+;;. The van der Waals surface area contributed by atoms with Crippen molar-refractivity contribution in [2.24, 2.45) is 11.8 Å². The largest absolute Gasteiger partial charge is 0.0990 e. The zero-order chi connectivity index (χ0) is 13.3. The molecule has 0 aliphatic heterocycles. The molecular formula is C17H26. The highest BCUT2D eigenvalue weighted by atomic mass is 14.4. The van der Waals surface area contributed by atoms with E-state index in [-0.39, 0.29) is 0 Å². The Morgan fingerprint density at radius 3 is 2.29 bits per heavy atom. The average Bonchev–Trinajstić information content (AvgIpc) is 3.19. The second-order valence-corrected chi connectivity index (χ2v) is 3.61. The summed E-state index contributed by atoms with van der Waals surface area (Å²) < 4.78 is 0. The number of allylic oxidation sites excluding steroid dienone is 8. The van der Waals surface area contributed by atoms with Gasteiger partial charge in [0.05, 0.1) is 0 Å². The molecule has 0 heteroatoms. The van der Waals surface area contributed by atoms with Gasteiger partial charge in [-0.1, -0.05) is 77.3 Å². The molecule has 2 rings (SSSR count). The zero-order valence-corrected chi connectivity index (χ0v) is 11.7. The molecule has 0 aromatic carbocycles. The molecule has 0 N–H and O–H groups in total. The molecule has 2 aliphatic rings. The van der Waals surface area contributed by atoms with Gasteiger partial charge in [-0.15, -0.1) is 0 Å². The van der Waals surface area contributed by atoms with Crippen LogP contribution in [-0.4, -0.2) is 0 Å². The van der Waals surface area contributed by atoms with E-state index in [1.54, 1.807) is 0 Å². The van der Waals surface area contributed by atoms with Crippen LogP contribution in [-0.2, 0) is 0 Å². The van der Waals surface area contributed by atoms with E-state index in [0.717, 1.165) is 11.8 Å². The van der Waals surface area contributed by atoms with Crippen molar-refractivity contribution in [3.63, 3.8) is 0 Å². The van der Waals surface area contributed by atoms with Crippen molar-refractivity contribution >= 4 is 0 Å².